The SMILES string of the molecule is CC(C)(C)C(=O)On1cccc1C#N. The first-order valence-electron chi connectivity index (χ1n) is 4.25. The molecule has 0 bridgehead atoms. The molecule has 1 heterocycles. The van der Waals surface area contributed by atoms with Gasteiger partial charge in [0.05, 0.1) is 5.41 Å². The minimum Gasteiger partial charge on any atom is -0.335 e. The zero-order valence-corrected chi connectivity index (χ0v) is 8.44. The minimum atomic E-state index is -0.572. The van der Waals surface area contributed by atoms with E-state index >= 15 is 0 Å². The van der Waals surface area contributed by atoms with Gasteiger partial charge in [-0.2, -0.15) is 9.99 Å². The van der Waals surface area contributed by atoms with Gasteiger partial charge in [0.1, 0.15) is 6.07 Å². The van der Waals surface area contributed by atoms with Gasteiger partial charge >= 0.3 is 5.97 Å². The largest absolute Gasteiger partial charge is 0.338 e. The van der Waals surface area contributed by atoms with Crippen molar-refractivity contribution < 1.29 is 9.63 Å². The van der Waals surface area contributed by atoms with Crippen LogP contribution in [0.5, 0.6) is 0 Å². The van der Waals surface area contributed by atoms with Crippen LogP contribution < -0.4 is 4.84 Å². The van der Waals surface area contributed by atoms with Gasteiger partial charge in [0, 0.05) is 6.20 Å². The average Bonchev–Trinajstić information content (AvgIpc) is 2.50. The number of hydrogen-bond acceptors (Lipinski definition) is 3. The van der Waals surface area contributed by atoms with E-state index in [1.165, 1.54) is 10.9 Å². The van der Waals surface area contributed by atoms with Crippen molar-refractivity contribution in [2.75, 3.05) is 0 Å². The Morgan fingerprint density at radius 3 is 2.71 bits per heavy atom. The van der Waals surface area contributed by atoms with Crippen LogP contribution in [0, 0.1) is 16.7 Å². The fraction of sp³-hybridized carbons (Fsp3) is 0.400. The number of nitrogens with zero attached hydrogens (tertiary/aromatic N) is 2. The molecular weight excluding hydrogens is 180 g/mol. The Morgan fingerprint density at radius 1 is 1.57 bits per heavy atom. The summed E-state index contributed by atoms with van der Waals surface area (Å²) in [6.45, 7) is 5.26. The van der Waals surface area contributed by atoms with Crippen LogP contribution in [0.1, 0.15) is 26.5 Å². The fourth-order valence-electron chi connectivity index (χ4n) is 0.759. The molecule has 0 atom stereocenters. The smallest absolute Gasteiger partial charge is 0.335 e. The number of carbonyl (C=O) groups excluding carboxylic acids is 1. The summed E-state index contributed by atoms with van der Waals surface area (Å²) in [4.78, 5) is 16.4. The number of carbonyl (C=O) groups is 1. The van der Waals surface area contributed by atoms with Crippen molar-refractivity contribution >= 4 is 5.97 Å². The van der Waals surface area contributed by atoms with E-state index in [1.54, 1.807) is 32.9 Å². The zero-order chi connectivity index (χ0) is 10.8. The van der Waals surface area contributed by atoms with Gasteiger partial charge in [-0.1, -0.05) is 0 Å². The van der Waals surface area contributed by atoms with Gasteiger partial charge in [-0.15, -0.1) is 0 Å². The molecule has 0 aliphatic heterocycles. The number of rotatable bonds is 1. The minimum absolute atomic E-state index is 0.308. The standard InChI is InChI=1S/C10H12N2O2/c1-10(2,3)9(13)14-12-6-4-5-8(12)7-11/h4-6H,1-3H3. The van der Waals surface area contributed by atoms with Crippen LogP contribution in [0.3, 0.4) is 0 Å². The lowest BCUT2D eigenvalue weighted by atomic mass is 9.98. The molecule has 1 aromatic heterocycles. The predicted octanol–water partition coefficient (Wildman–Crippen LogP) is 1.36. The summed E-state index contributed by atoms with van der Waals surface area (Å²) in [5.41, 5.74) is -0.264. The maximum atomic E-state index is 11.4. The van der Waals surface area contributed by atoms with Crippen LogP contribution in [0.4, 0.5) is 0 Å². The molecule has 0 aliphatic carbocycles. The van der Waals surface area contributed by atoms with Crippen molar-refractivity contribution in [3.05, 3.63) is 24.0 Å². The molecule has 4 heteroatoms. The maximum Gasteiger partial charge on any atom is 0.338 e. The summed E-state index contributed by atoms with van der Waals surface area (Å²) >= 11 is 0. The molecule has 74 valence electrons. The number of hydrogen-bond donors (Lipinski definition) is 0. The Hall–Kier alpha value is -1.76. The molecular formula is C10H12N2O2. The highest BCUT2D eigenvalue weighted by atomic mass is 16.7. The molecule has 0 aliphatic rings. The summed E-state index contributed by atoms with van der Waals surface area (Å²) in [6.07, 6.45) is 1.53. The molecule has 0 unspecified atom stereocenters. The molecule has 0 radical (unpaired) electrons. The van der Waals surface area contributed by atoms with Crippen molar-refractivity contribution in [2.45, 2.75) is 20.8 Å². The van der Waals surface area contributed by atoms with Crippen LogP contribution >= 0.6 is 0 Å². The van der Waals surface area contributed by atoms with Gasteiger partial charge in [0.15, 0.2) is 5.69 Å². The van der Waals surface area contributed by atoms with Crippen molar-refractivity contribution in [3.63, 3.8) is 0 Å². The van der Waals surface area contributed by atoms with Crippen molar-refractivity contribution in [1.82, 2.24) is 4.73 Å². The average molecular weight is 192 g/mol. The van der Waals surface area contributed by atoms with Gasteiger partial charge in [0.2, 0.25) is 0 Å². The Balaban J connectivity index is 2.81. The van der Waals surface area contributed by atoms with Gasteiger partial charge in [-0.25, -0.2) is 4.79 Å². The zero-order valence-electron chi connectivity index (χ0n) is 8.44. The molecule has 0 saturated heterocycles. The van der Waals surface area contributed by atoms with E-state index in [0.717, 1.165) is 0 Å². The molecule has 0 N–H and O–H groups in total. The summed E-state index contributed by atoms with van der Waals surface area (Å²) in [5.74, 6) is -0.370. The first kappa shape index (κ1) is 10.3. The van der Waals surface area contributed by atoms with E-state index in [9.17, 15) is 4.79 Å². The molecule has 4 nitrogen and oxygen atoms in total. The second-order valence-corrected chi connectivity index (χ2v) is 3.96. The number of aromatic nitrogens is 1. The second-order valence-electron chi connectivity index (χ2n) is 3.96. The Morgan fingerprint density at radius 2 is 2.21 bits per heavy atom. The van der Waals surface area contributed by atoms with Crippen LogP contribution in [-0.2, 0) is 4.79 Å². The van der Waals surface area contributed by atoms with Crippen LogP contribution in [-0.4, -0.2) is 10.7 Å². The van der Waals surface area contributed by atoms with Gasteiger partial charge < -0.3 is 4.84 Å². The third-order valence-electron chi connectivity index (χ3n) is 1.62. The normalized spacial score (nSPS) is 10.7. The molecule has 0 saturated carbocycles. The van der Waals surface area contributed by atoms with E-state index in [-0.39, 0.29) is 5.97 Å². The third kappa shape index (κ3) is 2.13. The molecule has 0 fully saturated rings. The highest BCUT2D eigenvalue weighted by molar-refractivity contribution is 5.75. The van der Waals surface area contributed by atoms with Crippen LogP contribution in [0.25, 0.3) is 0 Å². The lowest BCUT2D eigenvalue weighted by Gasteiger charge is -2.16. The van der Waals surface area contributed by atoms with Crippen molar-refractivity contribution in [1.29, 1.82) is 5.26 Å². The topological polar surface area (TPSA) is 55.0 Å². The maximum absolute atomic E-state index is 11.4. The quantitative estimate of drug-likeness (QED) is 0.675. The summed E-state index contributed by atoms with van der Waals surface area (Å²) in [6, 6.07) is 5.14. The molecule has 1 rings (SSSR count). The van der Waals surface area contributed by atoms with Gasteiger partial charge in [-0.05, 0) is 32.9 Å². The second kappa shape index (κ2) is 3.54. The first-order valence-corrected chi connectivity index (χ1v) is 4.25. The predicted molar refractivity (Wildman–Crippen MR) is 50.2 cm³/mol. The van der Waals surface area contributed by atoms with E-state index in [0.29, 0.717) is 5.69 Å². The lowest BCUT2D eigenvalue weighted by Crippen LogP contribution is -2.31. The Bertz CT molecular complexity index is 380. The van der Waals surface area contributed by atoms with E-state index in [2.05, 4.69) is 0 Å². The fourth-order valence-corrected chi connectivity index (χ4v) is 0.759. The first-order chi connectivity index (χ1) is 6.45. The van der Waals surface area contributed by atoms with Gasteiger partial charge in [-0.3, -0.25) is 0 Å². The monoisotopic (exact) mass is 192 g/mol. The third-order valence-corrected chi connectivity index (χ3v) is 1.62. The summed E-state index contributed by atoms with van der Waals surface area (Å²) < 4.78 is 1.17. The molecule has 0 aromatic carbocycles. The lowest BCUT2D eigenvalue weighted by molar-refractivity contribution is -0.153. The van der Waals surface area contributed by atoms with Crippen molar-refractivity contribution in [2.24, 2.45) is 5.41 Å². The molecule has 0 spiro atoms. The number of nitriles is 1. The molecule has 1 aromatic rings. The van der Waals surface area contributed by atoms with Crippen molar-refractivity contribution in [3.8, 4) is 6.07 Å². The molecule has 14 heavy (non-hydrogen) atoms. The van der Waals surface area contributed by atoms with E-state index < -0.39 is 5.41 Å². The van der Waals surface area contributed by atoms with Crippen LogP contribution in [0.15, 0.2) is 18.3 Å². The summed E-state index contributed by atoms with van der Waals surface area (Å²) in [5, 5.41) is 8.66. The van der Waals surface area contributed by atoms with E-state index in [1.807, 2.05) is 6.07 Å². The highest BCUT2D eigenvalue weighted by Gasteiger charge is 2.24. The Labute approximate surface area is 82.7 Å². The Kier molecular flexibility index (Phi) is 2.61. The van der Waals surface area contributed by atoms with E-state index in [4.69, 9.17) is 10.1 Å². The van der Waals surface area contributed by atoms with Crippen LogP contribution in [0.2, 0.25) is 0 Å². The molecule has 0 amide bonds. The highest BCUT2D eigenvalue weighted by Crippen LogP contribution is 2.14. The van der Waals surface area contributed by atoms with Gasteiger partial charge in [0.25, 0.3) is 0 Å². The summed E-state index contributed by atoms with van der Waals surface area (Å²) in [7, 11) is 0.